The van der Waals surface area contributed by atoms with E-state index < -0.39 is 0 Å². The summed E-state index contributed by atoms with van der Waals surface area (Å²) < 4.78 is 12.5. The fourth-order valence-electron chi connectivity index (χ4n) is 3.63. The molecule has 1 fully saturated rings. The number of hydrogen-bond acceptors (Lipinski definition) is 8. The molecule has 32 heavy (non-hydrogen) atoms. The van der Waals surface area contributed by atoms with Crippen molar-refractivity contribution in [3.05, 3.63) is 66.6 Å². The van der Waals surface area contributed by atoms with Crippen LogP contribution in [0.5, 0.6) is 5.75 Å². The number of aromatic nitrogens is 4. The summed E-state index contributed by atoms with van der Waals surface area (Å²) in [7, 11) is 1.64. The Balaban J connectivity index is 1.32. The predicted molar refractivity (Wildman–Crippen MR) is 124 cm³/mol. The molecule has 0 saturated carbocycles. The second kappa shape index (κ2) is 9.03. The van der Waals surface area contributed by atoms with Crippen LogP contribution in [0.3, 0.4) is 0 Å². The van der Waals surface area contributed by atoms with Crippen LogP contribution in [0.4, 0.5) is 11.5 Å². The van der Waals surface area contributed by atoms with Crippen molar-refractivity contribution in [1.82, 2.24) is 19.7 Å². The van der Waals surface area contributed by atoms with Gasteiger partial charge in [0, 0.05) is 24.8 Å². The molecule has 1 N–H and O–H groups in total. The third-order valence-corrected chi connectivity index (χ3v) is 5.32. The third-order valence-electron chi connectivity index (χ3n) is 5.32. The van der Waals surface area contributed by atoms with Gasteiger partial charge in [-0.05, 0) is 29.8 Å². The number of morpholine rings is 1. The normalized spacial score (nSPS) is 14.2. The van der Waals surface area contributed by atoms with Crippen LogP contribution in [-0.4, -0.2) is 59.4 Å². The molecule has 162 valence electrons. The van der Waals surface area contributed by atoms with E-state index in [0.29, 0.717) is 11.5 Å². The van der Waals surface area contributed by atoms with E-state index in [9.17, 15) is 0 Å². The van der Waals surface area contributed by atoms with Crippen LogP contribution >= 0.6 is 0 Å². The van der Waals surface area contributed by atoms with Crippen LogP contribution in [-0.2, 0) is 4.74 Å². The third kappa shape index (κ3) is 4.10. The lowest BCUT2D eigenvalue weighted by Crippen LogP contribution is -2.36. The number of hydrogen-bond donors (Lipinski definition) is 1. The summed E-state index contributed by atoms with van der Waals surface area (Å²) in [5.74, 6) is 1.34. The van der Waals surface area contributed by atoms with E-state index in [4.69, 9.17) is 9.47 Å². The minimum absolute atomic E-state index is 0.588. The lowest BCUT2D eigenvalue weighted by Gasteiger charge is -2.28. The lowest BCUT2D eigenvalue weighted by molar-refractivity contribution is 0.122. The molecule has 0 radical (unpaired) electrons. The zero-order valence-corrected chi connectivity index (χ0v) is 17.7. The van der Waals surface area contributed by atoms with Gasteiger partial charge in [0.25, 0.3) is 0 Å². The molecule has 0 spiro atoms. The maximum atomic E-state index is 5.41. The molecule has 4 aromatic rings. The summed E-state index contributed by atoms with van der Waals surface area (Å²) in [6.45, 7) is 3.38. The fraction of sp³-hybridized carbons (Fsp3) is 0.217. The Hall–Kier alpha value is -3.98. The molecule has 1 aliphatic rings. The highest BCUT2D eigenvalue weighted by Gasteiger charge is 2.12. The molecular weight excluding hydrogens is 406 g/mol. The number of anilines is 2. The first-order chi connectivity index (χ1) is 15.8. The van der Waals surface area contributed by atoms with E-state index in [2.05, 4.69) is 42.6 Å². The second-order valence-corrected chi connectivity index (χ2v) is 7.28. The van der Waals surface area contributed by atoms with Crippen molar-refractivity contribution < 1.29 is 9.47 Å². The Bertz CT molecular complexity index is 1230. The molecule has 0 bridgehead atoms. The Morgan fingerprint density at radius 1 is 1.06 bits per heavy atom. The van der Waals surface area contributed by atoms with Crippen LogP contribution < -0.4 is 15.1 Å². The van der Waals surface area contributed by atoms with Gasteiger partial charge in [-0.15, -0.1) is 0 Å². The molecule has 0 amide bonds. The first-order valence-electron chi connectivity index (χ1n) is 10.4. The second-order valence-electron chi connectivity index (χ2n) is 7.28. The number of nitrogens with zero attached hydrogens (tertiary/aromatic N) is 6. The Kier molecular flexibility index (Phi) is 5.63. The summed E-state index contributed by atoms with van der Waals surface area (Å²) in [6, 6.07) is 16.0. The van der Waals surface area contributed by atoms with Gasteiger partial charge in [-0.1, -0.05) is 18.2 Å². The number of nitrogens with one attached hydrogen (secondary N) is 1. The average molecular weight is 429 g/mol. The lowest BCUT2D eigenvalue weighted by atomic mass is 10.2. The van der Waals surface area contributed by atoms with Crippen LogP contribution in [0.25, 0.3) is 16.7 Å². The van der Waals surface area contributed by atoms with Crippen molar-refractivity contribution in [2.24, 2.45) is 5.10 Å². The minimum Gasteiger partial charge on any atom is -0.497 e. The van der Waals surface area contributed by atoms with Crippen LogP contribution in [0, 0.1) is 0 Å². The highest BCUT2D eigenvalue weighted by molar-refractivity contribution is 5.88. The van der Waals surface area contributed by atoms with Gasteiger partial charge in [0.1, 0.15) is 12.1 Å². The van der Waals surface area contributed by atoms with E-state index in [1.807, 2.05) is 36.4 Å². The van der Waals surface area contributed by atoms with Gasteiger partial charge >= 0.3 is 0 Å². The molecule has 0 aliphatic carbocycles. The molecule has 9 heteroatoms. The number of fused-ring (bicyclic) bond motifs is 1. The van der Waals surface area contributed by atoms with Crippen molar-refractivity contribution in [2.75, 3.05) is 43.7 Å². The maximum absolute atomic E-state index is 5.41. The molecule has 2 aromatic carbocycles. The first kappa shape index (κ1) is 20.0. The summed E-state index contributed by atoms with van der Waals surface area (Å²) in [6.07, 6.45) is 4.99. The fourth-order valence-corrected chi connectivity index (χ4v) is 3.63. The van der Waals surface area contributed by atoms with Crippen molar-refractivity contribution in [3.63, 3.8) is 0 Å². The van der Waals surface area contributed by atoms with Crippen molar-refractivity contribution in [2.45, 2.75) is 0 Å². The Morgan fingerprint density at radius 2 is 1.91 bits per heavy atom. The molecule has 9 nitrogen and oxygen atoms in total. The summed E-state index contributed by atoms with van der Waals surface area (Å²) in [5, 5.41) is 9.61. The van der Waals surface area contributed by atoms with E-state index in [-0.39, 0.29) is 0 Å². The van der Waals surface area contributed by atoms with Gasteiger partial charge in [0.15, 0.2) is 11.5 Å². The molecule has 1 aliphatic heterocycles. The molecular formula is C23H23N7O2. The van der Waals surface area contributed by atoms with E-state index >= 15 is 0 Å². The van der Waals surface area contributed by atoms with Crippen LogP contribution in [0.2, 0.25) is 0 Å². The Labute approximate surface area is 185 Å². The molecule has 0 unspecified atom stereocenters. The largest absolute Gasteiger partial charge is 0.497 e. The Morgan fingerprint density at radius 3 is 2.72 bits per heavy atom. The maximum Gasteiger partial charge on any atom is 0.168 e. The molecule has 2 aromatic heterocycles. The minimum atomic E-state index is 0.588. The average Bonchev–Trinajstić information content (AvgIpc) is 3.30. The topological polar surface area (TPSA) is 89.7 Å². The van der Waals surface area contributed by atoms with Gasteiger partial charge in [-0.3, -0.25) is 5.43 Å². The number of rotatable bonds is 6. The molecule has 1 saturated heterocycles. The first-order valence-corrected chi connectivity index (χ1v) is 10.4. The predicted octanol–water partition coefficient (Wildman–Crippen LogP) is 3.11. The van der Waals surface area contributed by atoms with Gasteiger partial charge in [0.2, 0.25) is 0 Å². The standard InChI is InChI=1S/C23H23N7O2/c1-31-20-4-2-3-19(13-20)30-23-21(15-27-30)22(24-16-25-23)28-26-14-17-5-7-18(8-6-17)29-9-11-32-12-10-29/h2-8,13-16H,9-12H2,1H3,(H,24,25,28). The van der Waals surface area contributed by atoms with E-state index in [1.165, 1.54) is 12.0 Å². The van der Waals surface area contributed by atoms with E-state index in [0.717, 1.165) is 48.7 Å². The summed E-state index contributed by atoms with van der Waals surface area (Å²) in [5.41, 5.74) is 6.74. The number of methoxy groups -OCH3 is 1. The number of hydrazone groups is 1. The highest BCUT2D eigenvalue weighted by Crippen LogP contribution is 2.23. The smallest absolute Gasteiger partial charge is 0.168 e. The quantitative estimate of drug-likeness (QED) is 0.372. The zero-order valence-electron chi connectivity index (χ0n) is 17.7. The molecule has 5 rings (SSSR count). The molecule has 0 atom stereocenters. The van der Waals surface area contributed by atoms with Crippen molar-refractivity contribution in [3.8, 4) is 11.4 Å². The van der Waals surface area contributed by atoms with E-state index in [1.54, 1.807) is 24.2 Å². The van der Waals surface area contributed by atoms with Crippen molar-refractivity contribution in [1.29, 1.82) is 0 Å². The van der Waals surface area contributed by atoms with Crippen LogP contribution in [0.15, 0.2) is 66.2 Å². The summed E-state index contributed by atoms with van der Waals surface area (Å²) in [4.78, 5) is 11.0. The van der Waals surface area contributed by atoms with Gasteiger partial charge < -0.3 is 14.4 Å². The van der Waals surface area contributed by atoms with Gasteiger partial charge in [-0.25, -0.2) is 14.6 Å². The SMILES string of the molecule is COc1cccc(-n2ncc3c(NN=Cc4ccc(N5CCOCC5)cc4)ncnc32)c1. The zero-order chi connectivity index (χ0) is 21.8. The molecule has 3 heterocycles. The number of ether oxygens (including phenoxy) is 2. The summed E-state index contributed by atoms with van der Waals surface area (Å²) >= 11 is 0. The monoisotopic (exact) mass is 429 g/mol. The van der Waals surface area contributed by atoms with Gasteiger partial charge in [0.05, 0.1) is 43.8 Å². The van der Waals surface area contributed by atoms with Crippen molar-refractivity contribution >= 4 is 28.8 Å². The number of benzene rings is 2. The van der Waals surface area contributed by atoms with Crippen LogP contribution in [0.1, 0.15) is 5.56 Å². The van der Waals surface area contributed by atoms with Gasteiger partial charge in [-0.2, -0.15) is 10.2 Å². The highest BCUT2D eigenvalue weighted by atomic mass is 16.5.